The number of amides is 1. The number of aromatic amines is 2. The van der Waals surface area contributed by atoms with E-state index in [0.717, 1.165) is 18.5 Å². The maximum atomic E-state index is 12.6. The van der Waals surface area contributed by atoms with Crippen LogP contribution in [0.25, 0.3) is 5.95 Å². The first-order chi connectivity index (χ1) is 12.2. The zero-order valence-corrected chi connectivity index (χ0v) is 13.9. The third-order valence-corrected chi connectivity index (χ3v) is 4.45. The summed E-state index contributed by atoms with van der Waals surface area (Å²) in [5.41, 5.74) is 3.41. The summed E-state index contributed by atoms with van der Waals surface area (Å²) in [5, 5.41) is 21.6. The minimum atomic E-state index is -0.239. The van der Waals surface area contributed by atoms with E-state index in [9.17, 15) is 4.79 Å². The van der Waals surface area contributed by atoms with Crippen LogP contribution in [0.5, 0.6) is 0 Å². The molecule has 25 heavy (non-hydrogen) atoms. The van der Waals surface area contributed by atoms with Crippen molar-refractivity contribution in [2.45, 2.75) is 38.6 Å². The highest BCUT2D eigenvalue weighted by Crippen LogP contribution is 2.22. The molecule has 1 amide bonds. The number of aromatic nitrogens is 8. The number of hydrogen-bond donors (Lipinski definition) is 2. The van der Waals surface area contributed by atoms with Crippen LogP contribution in [-0.2, 0) is 19.4 Å². The molecule has 0 unspecified atom stereocenters. The van der Waals surface area contributed by atoms with Gasteiger partial charge in [0.1, 0.15) is 12.7 Å². The fraction of sp³-hybridized carbons (Fsp3) is 0.467. The van der Waals surface area contributed by atoms with E-state index in [1.807, 2.05) is 0 Å². The van der Waals surface area contributed by atoms with Gasteiger partial charge in [-0.25, -0.2) is 0 Å². The van der Waals surface area contributed by atoms with Crippen LogP contribution in [0.3, 0.4) is 0 Å². The van der Waals surface area contributed by atoms with Gasteiger partial charge in [-0.3, -0.25) is 19.6 Å². The fourth-order valence-corrected chi connectivity index (χ4v) is 3.10. The van der Waals surface area contributed by atoms with Crippen LogP contribution in [-0.4, -0.2) is 58.0 Å². The van der Waals surface area contributed by atoms with Gasteiger partial charge in [-0.15, -0.1) is 15.3 Å². The zero-order valence-electron chi connectivity index (χ0n) is 13.9. The van der Waals surface area contributed by atoms with Gasteiger partial charge < -0.3 is 4.90 Å². The molecule has 10 heteroatoms. The normalized spacial score (nSPS) is 14.1. The molecule has 0 aromatic carbocycles. The van der Waals surface area contributed by atoms with Crippen molar-refractivity contribution in [1.82, 2.24) is 45.0 Å². The Hall–Kier alpha value is -3.04. The number of fused-ring (bicyclic) bond motifs is 1. The molecule has 0 saturated carbocycles. The Morgan fingerprint density at radius 1 is 1.16 bits per heavy atom. The summed E-state index contributed by atoms with van der Waals surface area (Å²) < 4.78 is 1.53. The van der Waals surface area contributed by atoms with Gasteiger partial charge in [0.2, 0.25) is 5.82 Å². The highest BCUT2D eigenvalue weighted by atomic mass is 16.2. The standard InChI is InChI=1S/C15H19N9O/c1-23(7-12-10-5-3-2-4-6-11(10)19-20-12)14(25)13-18-15(22-21-13)24-8-16-17-9-24/h8-9H,2-7H2,1H3,(H,19,20)(H,18,21,22). The molecule has 2 N–H and O–H groups in total. The van der Waals surface area contributed by atoms with Gasteiger partial charge in [0, 0.05) is 12.7 Å². The summed E-state index contributed by atoms with van der Waals surface area (Å²) in [7, 11) is 1.74. The summed E-state index contributed by atoms with van der Waals surface area (Å²) >= 11 is 0. The third kappa shape index (κ3) is 3.02. The largest absolute Gasteiger partial charge is 0.333 e. The van der Waals surface area contributed by atoms with Crippen LogP contribution in [0.4, 0.5) is 0 Å². The first-order valence-corrected chi connectivity index (χ1v) is 8.30. The van der Waals surface area contributed by atoms with Crippen molar-refractivity contribution in [3.05, 3.63) is 35.4 Å². The van der Waals surface area contributed by atoms with Crippen molar-refractivity contribution in [3.8, 4) is 5.95 Å². The van der Waals surface area contributed by atoms with Crippen LogP contribution < -0.4 is 0 Å². The Bertz CT molecular complexity index is 864. The number of nitrogens with zero attached hydrogens (tertiary/aromatic N) is 7. The quantitative estimate of drug-likeness (QED) is 0.672. The van der Waals surface area contributed by atoms with E-state index >= 15 is 0 Å². The smallest absolute Gasteiger partial charge is 0.291 e. The Balaban J connectivity index is 1.49. The molecule has 1 aliphatic carbocycles. The van der Waals surface area contributed by atoms with E-state index in [4.69, 9.17) is 0 Å². The first kappa shape index (κ1) is 15.5. The fourth-order valence-electron chi connectivity index (χ4n) is 3.10. The van der Waals surface area contributed by atoms with Gasteiger partial charge in [-0.2, -0.15) is 10.1 Å². The van der Waals surface area contributed by atoms with Crippen LogP contribution in [0.1, 0.15) is 46.8 Å². The molecule has 0 fully saturated rings. The van der Waals surface area contributed by atoms with Crippen molar-refractivity contribution in [2.75, 3.05) is 7.05 Å². The molecule has 0 radical (unpaired) electrons. The van der Waals surface area contributed by atoms with Crippen LogP contribution in [0.2, 0.25) is 0 Å². The molecule has 0 aliphatic heterocycles. The second-order valence-corrected chi connectivity index (χ2v) is 6.20. The number of nitrogens with one attached hydrogen (secondary N) is 2. The van der Waals surface area contributed by atoms with E-state index in [1.165, 1.54) is 47.7 Å². The highest BCUT2D eigenvalue weighted by molar-refractivity contribution is 5.90. The molecule has 10 nitrogen and oxygen atoms in total. The summed E-state index contributed by atoms with van der Waals surface area (Å²) in [5.74, 6) is 0.264. The van der Waals surface area contributed by atoms with Crippen LogP contribution in [0, 0.1) is 0 Å². The Morgan fingerprint density at radius 3 is 2.80 bits per heavy atom. The van der Waals surface area contributed by atoms with Crippen molar-refractivity contribution >= 4 is 5.91 Å². The molecule has 130 valence electrons. The molecule has 0 spiro atoms. The monoisotopic (exact) mass is 341 g/mol. The van der Waals surface area contributed by atoms with Crippen molar-refractivity contribution in [2.24, 2.45) is 0 Å². The lowest BCUT2D eigenvalue weighted by atomic mass is 10.1. The van der Waals surface area contributed by atoms with E-state index in [-0.39, 0.29) is 11.7 Å². The number of aryl methyl sites for hydroxylation is 1. The maximum Gasteiger partial charge on any atom is 0.291 e. The Kier molecular flexibility index (Phi) is 4.00. The summed E-state index contributed by atoms with van der Waals surface area (Å²) in [6.07, 6.45) is 8.59. The predicted octanol–water partition coefficient (Wildman–Crippen LogP) is 0.650. The number of hydrogen-bond acceptors (Lipinski definition) is 6. The van der Waals surface area contributed by atoms with Gasteiger partial charge in [0.05, 0.1) is 12.2 Å². The van der Waals surface area contributed by atoms with E-state index in [1.54, 1.807) is 11.9 Å². The lowest BCUT2D eigenvalue weighted by Crippen LogP contribution is -2.28. The Labute approximate surface area is 143 Å². The molecule has 4 rings (SSSR count). The average molecular weight is 341 g/mol. The van der Waals surface area contributed by atoms with Gasteiger partial charge in [0.25, 0.3) is 11.9 Å². The molecule has 3 aromatic heterocycles. The molecule has 0 saturated heterocycles. The van der Waals surface area contributed by atoms with Crippen molar-refractivity contribution < 1.29 is 4.79 Å². The van der Waals surface area contributed by atoms with Crippen LogP contribution in [0.15, 0.2) is 12.7 Å². The second kappa shape index (κ2) is 6.46. The van der Waals surface area contributed by atoms with Gasteiger partial charge in [0.15, 0.2) is 0 Å². The lowest BCUT2D eigenvalue weighted by Gasteiger charge is -2.15. The first-order valence-electron chi connectivity index (χ1n) is 8.30. The average Bonchev–Trinajstić information content (AvgIpc) is 3.33. The minimum Gasteiger partial charge on any atom is -0.333 e. The second-order valence-electron chi connectivity index (χ2n) is 6.20. The van der Waals surface area contributed by atoms with E-state index in [2.05, 4.69) is 35.6 Å². The van der Waals surface area contributed by atoms with Gasteiger partial charge >= 0.3 is 0 Å². The molecular weight excluding hydrogens is 322 g/mol. The topological polar surface area (TPSA) is 121 Å². The van der Waals surface area contributed by atoms with Crippen molar-refractivity contribution in [3.63, 3.8) is 0 Å². The maximum absolute atomic E-state index is 12.6. The van der Waals surface area contributed by atoms with Crippen LogP contribution >= 0.6 is 0 Å². The molecule has 1 aliphatic rings. The zero-order chi connectivity index (χ0) is 17.2. The molecule has 0 atom stereocenters. The van der Waals surface area contributed by atoms with Gasteiger partial charge in [-0.05, 0) is 31.2 Å². The summed E-state index contributed by atoms with van der Waals surface area (Å²) in [6, 6.07) is 0. The third-order valence-electron chi connectivity index (χ3n) is 4.45. The van der Waals surface area contributed by atoms with Crippen molar-refractivity contribution in [1.29, 1.82) is 0 Å². The number of carbonyl (C=O) groups is 1. The number of rotatable bonds is 4. The van der Waals surface area contributed by atoms with E-state index in [0.29, 0.717) is 12.5 Å². The predicted molar refractivity (Wildman–Crippen MR) is 86.9 cm³/mol. The van der Waals surface area contributed by atoms with E-state index < -0.39 is 0 Å². The lowest BCUT2D eigenvalue weighted by molar-refractivity contribution is 0.0771. The molecule has 3 heterocycles. The minimum absolute atomic E-state index is 0.174. The highest BCUT2D eigenvalue weighted by Gasteiger charge is 2.21. The van der Waals surface area contributed by atoms with Gasteiger partial charge in [-0.1, -0.05) is 6.42 Å². The Morgan fingerprint density at radius 2 is 1.96 bits per heavy atom. The SMILES string of the molecule is CN(Cc1n[nH]c2c1CCCCC2)C(=O)c1nc(-n2cnnc2)n[nH]1. The summed E-state index contributed by atoms with van der Waals surface area (Å²) in [4.78, 5) is 18.4. The summed E-state index contributed by atoms with van der Waals surface area (Å²) in [6.45, 7) is 0.438. The molecular formula is C15H19N9O. The number of carbonyl (C=O) groups excluding carboxylic acids is 1. The molecule has 0 bridgehead atoms. The molecule has 3 aromatic rings. The number of H-pyrrole nitrogens is 2.